The average Bonchev–Trinajstić information content (AvgIpc) is 3.42. The molecule has 4 aliphatic rings. The largest absolute Gasteiger partial charge is 0.466 e. The number of carbonyl (C=O) groups excluding carboxylic acids is 4. The van der Waals surface area contributed by atoms with Crippen molar-refractivity contribution in [3.63, 3.8) is 0 Å². The van der Waals surface area contributed by atoms with Gasteiger partial charge in [-0.2, -0.15) is 0 Å². The number of rotatable bonds is 9. The van der Waals surface area contributed by atoms with Crippen LogP contribution in [0.4, 0.5) is 0 Å². The third-order valence-corrected chi connectivity index (χ3v) is 12.4. The van der Waals surface area contributed by atoms with Crippen LogP contribution in [-0.2, 0) is 49.3 Å². The van der Waals surface area contributed by atoms with Gasteiger partial charge >= 0.3 is 23.9 Å². The first-order valence-corrected chi connectivity index (χ1v) is 17.3. The molecule has 0 aromatic heterocycles. The van der Waals surface area contributed by atoms with Gasteiger partial charge in [0.1, 0.15) is 18.3 Å². The molecule has 2 saturated carbocycles. The van der Waals surface area contributed by atoms with Crippen molar-refractivity contribution in [1.82, 2.24) is 0 Å². The lowest BCUT2D eigenvalue weighted by Gasteiger charge is -2.70. The second kappa shape index (κ2) is 13.4. The summed E-state index contributed by atoms with van der Waals surface area (Å²) in [5.74, 6) is -3.19. The molecule has 3 aliphatic carbocycles. The Morgan fingerprint density at radius 2 is 1.65 bits per heavy atom. The Kier molecular flexibility index (Phi) is 10.1. The highest BCUT2D eigenvalue weighted by molar-refractivity contribution is 6.30. The molecule has 10 nitrogen and oxygen atoms in total. The van der Waals surface area contributed by atoms with Gasteiger partial charge in [-0.15, -0.1) is 0 Å². The molecule has 1 unspecified atom stereocenters. The van der Waals surface area contributed by atoms with E-state index in [4.69, 9.17) is 35.3 Å². The summed E-state index contributed by atoms with van der Waals surface area (Å²) in [7, 11) is 0. The fraction of sp³-hybridized carbons (Fsp3) is 0.676. The zero-order valence-corrected chi connectivity index (χ0v) is 29.8. The molecule has 0 bridgehead atoms. The highest BCUT2D eigenvalue weighted by Gasteiger charge is 2.76. The monoisotopic (exact) mass is 688 g/mol. The van der Waals surface area contributed by atoms with Gasteiger partial charge in [-0.1, -0.05) is 37.6 Å². The molecular formula is C37H49ClO10. The topological polar surface area (TPSA) is 135 Å². The van der Waals surface area contributed by atoms with Gasteiger partial charge in [0.15, 0.2) is 0 Å². The van der Waals surface area contributed by atoms with E-state index in [1.165, 1.54) is 27.7 Å². The van der Waals surface area contributed by atoms with E-state index in [-0.39, 0.29) is 19.1 Å². The minimum atomic E-state index is -1.30. The van der Waals surface area contributed by atoms with Crippen LogP contribution in [0.2, 0.25) is 5.02 Å². The van der Waals surface area contributed by atoms with Crippen LogP contribution in [0.1, 0.15) is 79.7 Å². The third-order valence-electron chi connectivity index (χ3n) is 12.2. The summed E-state index contributed by atoms with van der Waals surface area (Å²) >= 11 is 6.30. The van der Waals surface area contributed by atoms with Gasteiger partial charge in [0.2, 0.25) is 0 Å². The predicted molar refractivity (Wildman–Crippen MR) is 176 cm³/mol. The van der Waals surface area contributed by atoms with Crippen LogP contribution in [0, 0.1) is 34.0 Å². The van der Waals surface area contributed by atoms with Gasteiger partial charge < -0.3 is 28.8 Å². The third kappa shape index (κ3) is 6.17. The molecule has 1 aromatic carbocycles. The molecule has 1 heterocycles. The molecule has 0 amide bonds. The highest BCUT2D eigenvalue weighted by atomic mass is 35.5. The minimum absolute atomic E-state index is 0.0711. The lowest BCUT2D eigenvalue weighted by Crippen LogP contribution is -2.74. The zero-order valence-electron chi connectivity index (χ0n) is 29.0. The van der Waals surface area contributed by atoms with Crippen LogP contribution in [0.5, 0.6) is 0 Å². The van der Waals surface area contributed by atoms with E-state index in [0.717, 1.165) is 5.56 Å². The minimum Gasteiger partial charge on any atom is -0.466 e. The number of aryl methyl sites for hydroxylation is 1. The van der Waals surface area contributed by atoms with Crippen molar-refractivity contribution in [3.05, 3.63) is 46.5 Å². The number of hydrogen-bond donors (Lipinski definition) is 1. The maximum Gasteiger partial charge on any atom is 0.303 e. The first kappa shape index (κ1) is 36.3. The summed E-state index contributed by atoms with van der Waals surface area (Å²) in [6, 6.07) is 7.57. The summed E-state index contributed by atoms with van der Waals surface area (Å²) in [6.07, 6.45) is 1.60. The van der Waals surface area contributed by atoms with Gasteiger partial charge in [-0.3, -0.25) is 19.2 Å². The molecule has 0 radical (unpaired) electrons. The summed E-state index contributed by atoms with van der Waals surface area (Å²) in [5, 5.41) is 13.4. The fourth-order valence-electron chi connectivity index (χ4n) is 10.4. The molecule has 10 atom stereocenters. The first-order valence-electron chi connectivity index (χ1n) is 16.9. The number of fused-ring (bicyclic) bond motifs is 5. The molecular weight excluding hydrogens is 640 g/mol. The van der Waals surface area contributed by atoms with E-state index in [9.17, 15) is 24.3 Å². The molecule has 1 N–H and O–H groups in total. The van der Waals surface area contributed by atoms with E-state index in [0.29, 0.717) is 49.3 Å². The molecule has 11 heteroatoms. The molecule has 0 spiro atoms. The van der Waals surface area contributed by atoms with Gasteiger partial charge in [0.25, 0.3) is 0 Å². The molecule has 264 valence electrons. The van der Waals surface area contributed by atoms with Gasteiger partial charge in [-0.05, 0) is 79.7 Å². The molecule has 1 aliphatic heterocycles. The van der Waals surface area contributed by atoms with Crippen molar-refractivity contribution in [1.29, 1.82) is 0 Å². The van der Waals surface area contributed by atoms with E-state index >= 15 is 0 Å². The zero-order chi connectivity index (χ0) is 35.2. The van der Waals surface area contributed by atoms with Crippen molar-refractivity contribution in [3.8, 4) is 0 Å². The second-order valence-electron chi connectivity index (χ2n) is 14.9. The smallest absolute Gasteiger partial charge is 0.303 e. The Hall–Kier alpha value is -2.95. The Morgan fingerprint density at radius 1 is 0.958 bits per heavy atom. The van der Waals surface area contributed by atoms with Crippen molar-refractivity contribution < 1.29 is 48.0 Å². The van der Waals surface area contributed by atoms with Crippen LogP contribution in [0.25, 0.3) is 0 Å². The second-order valence-corrected chi connectivity index (χ2v) is 15.3. The normalized spacial score (nSPS) is 38.4. The fourth-order valence-corrected chi connectivity index (χ4v) is 10.6. The Labute approximate surface area is 287 Å². The van der Waals surface area contributed by atoms with Crippen molar-refractivity contribution in [2.45, 2.75) is 104 Å². The molecule has 3 fully saturated rings. The number of benzene rings is 1. The SMILES string of the molecule is CC(=O)OCC[C@]12COC[C@H]1[C@]1(C)CC[C@@H]3[C@@](C)(C1[C@H](OC(C)=O)[C@@H]2OC(C)=O)[C@H](OC(C)=O)C=C(C)[C@]3(O)CCc1cccc(Cl)c1. The Bertz CT molecular complexity index is 1480. The summed E-state index contributed by atoms with van der Waals surface area (Å²) in [4.78, 5) is 50.4. The predicted octanol–water partition coefficient (Wildman–Crippen LogP) is 5.40. The number of halogens is 1. The highest BCUT2D eigenvalue weighted by Crippen LogP contribution is 2.72. The van der Waals surface area contributed by atoms with Crippen LogP contribution in [0.15, 0.2) is 35.9 Å². The van der Waals surface area contributed by atoms with Crippen molar-refractivity contribution in [2.24, 2.45) is 34.0 Å². The van der Waals surface area contributed by atoms with Crippen LogP contribution >= 0.6 is 11.6 Å². The lowest BCUT2D eigenvalue weighted by molar-refractivity contribution is -0.287. The molecule has 1 saturated heterocycles. The summed E-state index contributed by atoms with van der Waals surface area (Å²) < 4.78 is 30.2. The number of ether oxygens (including phenoxy) is 5. The maximum absolute atomic E-state index is 13.0. The molecule has 1 aromatic rings. The summed E-state index contributed by atoms with van der Waals surface area (Å²) in [5.41, 5.74) is -2.03. The maximum atomic E-state index is 13.0. The van der Waals surface area contributed by atoms with Crippen LogP contribution in [-0.4, -0.2) is 72.7 Å². The van der Waals surface area contributed by atoms with Gasteiger partial charge in [0, 0.05) is 55.4 Å². The Balaban J connectivity index is 1.69. The van der Waals surface area contributed by atoms with Gasteiger partial charge in [0.05, 0.1) is 25.4 Å². The number of aliphatic hydroxyl groups is 1. The van der Waals surface area contributed by atoms with Crippen LogP contribution in [0.3, 0.4) is 0 Å². The number of esters is 4. The summed E-state index contributed by atoms with van der Waals surface area (Å²) in [6.45, 7) is 12.0. The van der Waals surface area contributed by atoms with Crippen molar-refractivity contribution in [2.75, 3.05) is 19.8 Å². The van der Waals surface area contributed by atoms with E-state index in [1.54, 1.807) is 0 Å². The standard InChI is InChI=1S/C37H49ClO10/c1-21-17-30(46-23(3)40)35(7)28(37(21,43)14-11-26-9-8-10-27(38)18-26)12-13-34(6)29-19-44-20-36(29,15-16-45-22(2)39)33(48-25(5)42)31(32(34)35)47-24(4)41/h8-10,17-18,28-33,43H,11-16,19-20H2,1-7H3/t28-,29+,30-,31+,32?,33+,34+,35-,36+,37-/m1/s1. The van der Waals surface area contributed by atoms with Gasteiger partial charge in [-0.25, -0.2) is 0 Å². The number of hydrogen-bond acceptors (Lipinski definition) is 10. The number of carbonyl (C=O) groups is 4. The average molecular weight is 689 g/mol. The van der Waals surface area contributed by atoms with E-state index in [2.05, 4.69) is 6.92 Å². The van der Waals surface area contributed by atoms with E-state index in [1.807, 2.05) is 44.2 Å². The van der Waals surface area contributed by atoms with Crippen LogP contribution < -0.4 is 0 Å². The quantitative estimate of drug-likeness (QED) is 0.204. The molecule has 5 rings (SSSR count). The Morgan fingerprint density at radius 3 is 2.27 bits per heavy atom. The lowest BCUT2D eigenvalue weighted by atomic mass is 9.36. The van der Waals surface area contributed by atoms with Crippen molar-refractivity contribution >= 4 is 35.5 Å². The first-order chi connectivity index (χ1) is 22.5. The van der Waals surface area contributed by atoms with E-state index < -0.39 is 75.9 Å². The molecule has 48 heavy (non-hydrogen) atoms.